The number of anilines is 1. The Morgan fingerprint density at radius 2 is 1.69 bits per heavy atom. The topological polar surface area (TPSA) is 92.0 Å². The highest BCUT2D eigenvalue weighted by Gasteiger charge is 2.33. The van der Waals surface area contributed by atoms with Gasteiger partial charge in [-0.1, -0.05) is 54.2 Å². The second kappa shape index (κ2) is 10.1. The van der Waals surface area contributed by atoms with E-state index < -0.39 is 11.9 Å². The first-order valence-corrected chi connectivity index (χ1v) is 12.0. The lowest BCUT2D eigenvalue weighted by Gasteiger charge is -2.18. The zero-order valence-electron chi connectivity index (χ0n) is 18.6. The van der Waals surface area contributed by atoms with Gasteiger partial charge in [-0.2, -0.15) is 0 Å². The number of rotatable bonds is 7. The minimum absolute atomic E-state index is 0.0302. The van der Waals surface area contributed by atoms with Crippen LogP contribution in [0.3, 0.4) is 0 Å². The standard InChI is InChI=1S/C27H18N2O5S2/c30-25-24(36-27(35)29(25)28-21-12-6-4-10-19(21)26(31)32)16-18-14-15-23(34-18)20-11-5-7-13-22(20)33-17-8-2-1-3-9-17/h1-16,28H,(H,31,32)/b24-16+. The van der Waals surface area contributed by atoms with Gasteiger partial charge in [0.1, 0.15) is 23.0 Å². The van der Waals surface area contributed by atoms with Crippen molar-refractivity contribution in [2.45, 2.75) is 0 Å². The molecule has 1 amide bonds. The summed E-state index contributed by atoms with van der Waals surface area (Å²) in [6.45, 7) is 0. The summed E-state index contributed by atoms with van der Waals surface area (Å²) in [6, 6.07) is 26.8. The van der Waals surface area contributed by atoms with Crippen LogP contribution in [0.2, 0.25) is 0 Å². The van der Waals surface area contributed by atoms with Gasteiger partial charge in [0.2, 0.25) is 0 Å². The van der Waals surface area contributed by atoms with E-state index in [9.17, 15) is 14.7 Å². The zero-order valence-corrected chi connectivity index (χ0v) is 20.2. The lowest BCUT2D eigenvalue weighted by atomic mass is 10.1. The van der Waals surface area contributed by atoms with Gasteiger partial charge < -0.3 is 14.3 Å². The van der Waals surface area contributed by atoms with Crippen molar-refractivity contribution in [3.8, 4) is 22.8 Å². The average Bonchev–Trinajstić information content (AvgIpc) is 3.45. The minimum atomic E-state index is -1.11. The lowest BCUT2D eigenvalue weighted by Crippen LogP contribution is -2.34. The van der Waals surface area contributed by atoms with Gasteiger partial charge in [0.25, 0.3) is 5.91 Å². The van der Waals surface area contributed by atoms with Crippen LogP contribution in [-0.4, -0.2) is 26.3 Å². The van der Waals surface area contributed by atoms with Crippen molar-refractivity contribution in [2.75, 3.05) is 5.43 Å². The van der Waals surface area contributed by atoms with E-state index in [1.165, 1.54) is 6.07 Å². The number of thiocarbonyl (C=S) groups is 1. The van der Waals surface area contributed by atoms with E-state index >= 15 is 0 Å². The molecule has 0 radical (unpaired) electrons. The number of benzene rings is 3. The maximum Gasteiger partial charge on any atom is 0.337 e. The number of nitrogens with one attached hydrogen (secondary N) is 1. The Kier molecular flexibility index (Phi) is 6.57. The fourth-order valence-corrected chi connectivity index (χ4v) is 4.69. The molecule has 0 atom stereocenters. The molecule has 0 saturated carbocycles. The Labute approximate surface area is 216 Å². The molecule has 5 rings (SSSR count). The van der Waals surface area contributed by atoms with Gasteiger partial charge in [-0.05, 0) is 60.7 Å². The van der Waals surface area contributed by atoms with E-state index in [1.807, 2.05) is 54.6 Å². The molecule has 3 aromatic carbocycles. The van der Waals surface area contributed by atoms with Crippen molar-refractivity contribution in [3.63, 3.8) is 0 Å². The summed E-state index contributed by atoms with van der Waals surface area (Å²) in [5.74, 6) is 0.868. The molecule has 0 aliphatic carbocycles. The molecule has 9 heteroatoms. The van der Waals surface area contributed by atoms with Crippen molar-refractivity contribution < 1.29 is 23.8 Å². The van der Waals surface area contributed by atoms with E-state index in [0.717, 1.165) is 22.3 Å². The average molecular weight is 515 g/mol. The highest BCUT2D eigenvalue weighted by Crippen LogP contribution is 2.37. The van der Waals surface area contributed by atoms with Gasteiger partial charge in [-0.3, -0.25) is 10.2 Å². The second-order valence-electron chi connectivity index (χ2n) is 7.59. The first-order chi connectivity index (χ1) is 17.5. The van der Waals surface area contributed by atoms with Crippen LogP contribution >= 0.6 is 24.0 Å². The molecule has 0 bridgehead atoms. The van der Waals surface area contributed by atoms with Crippen molar-refractivity contribution in [1.29, 1.82) is 0 Å². The fourth-order valence-electron chi connectivity index (χ4n) is 3.53. The summed E-state index contributed by atoms with van der Waals surface area (Å²) in [5.41, 5.74) is 3.88. The lowest BCUT2D eigenvalue weighted by molar-refractivity contribution is -0.121. The number of thioether (sulfide) groups is 1. The molecule has 0 unspecified atom stereocenters. The molecule has 178 valence electrons. The van der Waals surface area contributed by atoms with E-state index in [0.29, 0.717) is 27.9 Å². The largest absolute Gasteiger partial charge is 0.478 e. The Balaban J connectivity index is 1.37. The maximum atomic E-state index is 13.0. The third-order valence-corrected chi connectivity index (χ3v) is 6.51. The summed E-state index contributed by atoms with van der Waals surface area (Å²) in [4.78, 5) is 24.9. The Bertz CT molecular complexity index is 1500. The summed E-state index contributed by atoms with van der Waals surface area (Å²) in [5, 5.41) is 10.6. The van der Waals surface area contributed by atoms with Crippen molar-refractivity contribution >= 4 is 51.9 Å². The molecule has 1 aromatic heterocycles. The molecule has 2 heterocycles. The molecule has 1 fully saturated rings. The number of hydrazine groups is 1. The normalized spacial score (nSPS) is 14.3. The molecular formula is C27H18N2O5S2. The first-order valence-electron chi connectivity index (χ1n) is 10.8. The molecule has 2 N–H and O–H groups in total. The van der Waals surface area contributed by atoms with Crippen molar-refractivity contribution in [1.82, 2.24) is 5.01 Å². The predicted octanol–water partition coefficient (Wildman–Crippen LogP) is 6.67. The third kappa shape index (κ3) is 4.88. The number of hydrogen-bond acceptors (Lipinski definition) is 7. The van der Waals surface area contributed by atoms with E-state index in [4.69, 9.17) is 21.4 Å². The Hall–Kier alpha value is -4.34. The number of ether oxygens (including phenoxy) is 1. The van der Waals surface area contributed by atoms with E-state index in [-0.39, 0.29) is 15.6 Å². The van der Waals surface area contributed by atoms with Gasteiger partial charge >= 0.3 is 5.97 Å². The van der Waals surface area contributed by atoms with Crippen LogP contribution in [0.1, 0.15) is 16.1 Å². The SMILES string of the molecule is O=C(O)c1ccccc1NN1C(=O)/C(=C\c2ccc(-c3ccccc3Oc3ccccc3)o2)SC1=S. The van der Waals surface area contributed by atoms with Crippen molar-refractivity contribution in [3.05, 3.63) is 107 Å². The number of hydrogen-bond donors (Lipinski definition) is 2. The first kappa shape index (κ1) is 23.4. The number of carbonyl (C=O) groups is 2. The molecule has 1 aliphatic heterocycles. The minimum Gasteiger partial charge on any atom is -0.478 e. The van der Waals surface area contributed by atoms with E-state index in [2.05, 4.69) is 5.43 Å². The molecule has 36 heavy (non-hydrogen) atoms. The highest BCUT2D eigenvalue weighted by atomic mass is 32.2. The molecule has 0 spiro atoms. The smallest absolute Gasteiger partial charge is 0.337 e. The molecule has 7 nitrogen and oxygen atoms in total. The molecule has 1 aliphatic rings. The third-order valence-electron chi connectivity index (χ3n) is 5.21. The number of amides is 1. The molecule has 4 aromatic rings. The van der Waals surface area contributed by atoms with Crippen LogP contribution < -0.4 is 10.2 Å². The van der Waals surface area contributed by atoms with Crippen LogP contribution in [0.15, 0.2) is 100 Å². The van der Waals surface area contributed by atoms with E-state index in [1.54, 1.807) is 36.4 Å². The molecular weight excluding hydrogens is 496 g/mol. The van der Waals surface area contributed by atoms with Gasteiger partial charge in [0.05, 0.1) is 21.7 Å². The number of furan rings is 1. The van der Waals surface area contributed by atoms with Crippen LogP contribution in [0, 0.1) is 0 Å². The Morgan fingerprint density at radius 1 is 0.972 bits per heavy atom. The number of nitrogens with zero attached hydrogens (tertiary/aromatic N) is 1. The zero-order chi connectivity index (χ0) is 25.1. The van der Waals surface area contributed by atoms with Crippen LogP contribution in [0.5, 0.6) is 11.5 Å². The summed E-state index contributed by atoms with van der Waals surface area (Å²) < 4.78 is 12.3. The summed E-state index contributed by atoms with van der Waals surface area (Å²) in [6.07, 6.45) is 1.61. The monoisotopic (exact) mass is 514 g/mol. The van der Waals surface area contributed by atoms with Gasteiger partial charge in [-0.15, -0.1) is 0 Å². The predicted molar refractivity (Wildman–Crippen MR) is 143 cm³/mol. The Morgan fingerprint density at radius 3 is 2.50 bits per heavy atom. The molecule has 1 saturated heterocycles. The number of carboxylic acids is 1. The van der Waals surface area contributed by atoms with Crippen molar-refractivity contribution in [2.24, 2.45) is 0 Å². The summed E-state index contributed by atoms with van der Waals surface area (Å²) in [7, 11) is 0. The van der Waals surface area contributed by atoms with Crippen LogP contribution in [0.4, 0.5) is 5.69 Å². The number of aromatic carboxylic acids is 1. The van der Waals surface area contributed by atoms with Crippen LogP contribution in [-0.2, 0) is 4.79 Å². The fraction of sp³-hybridized carbons (Fsp3) is 0. The maximum absolute atomic E-state index is 13.0. The number of carbonyl (C=O) groups excluding carboxylic acids is 1. The number of para-hydroxylation sites is 3. The van der Waals surface area contributed by atoms with Gasteiger partial charge in [0, 0.05) is 6.08 Å². The van der Waals surface area contributed by atoms with Gasteiger partial charge in [0.15, 0.2) is 4.32 Å². The van der Waals surface area contributed by atoms with Crippen LogP contribution in [0.25, 0.3) is 17.4 Å². The second-order valence-corrected chi connectivity index (χ2v) is 9.27. The summed E-state index contributed by atoms with van der Waals surface area (Å²) >= 11 is 6.44. The highest BCUT2D eigenvalue weighted by molar-refractivity contribution is 8.26. The van der Waals surface area contributed by atoms with Gasteiger partial charge in [-0.25, -0.2) is 9.80 Å². The quantitative estimate of drug-likeness (QED) is 0.209. The number of carboxylic acid groups (broad SMARTS) is 1.